The highest BCUT2D eigenvalue weighted by atomic mass is 14.3. The second kappa shape index (κ2) is 25.3. The van der Waals surface area contributed by atoms with Crippen LogP contribution in [0.4, 0.5) is 0 Å². The zero-order valence-corrected chi connectivity index (χ0v) is 57.1. The standard InChI is InChI=1S/C54H34.C50H32/c1-2-17-37(18-3-1)52-46-25-11-8-22-43(46)51(49-34-33-36-16-5-7-21-41(36)54(49)52)39-31-29-38(30-32-39)50-44-23-9-12-26-47(44)53(48-27-13-10-24-45(48)50)42-28-14-19-35-15-4-6-20-40(35)42;1-3-16-34(17-4-1)46-39-21-9-11-23-41(39)47(42-24-12-10-22-40(42)46)36-27-29-37(30-28-36)48-43-25-13-14-26-44(43)49(35-18-5-2-6-19-35)50-38-20-8-7-15-33(38)31-32-45(48)50/h1-34H;1-32H. The molecule has 0 spiro atoms. The fourth-order valence-electron chi connectivity index (χ4n) is 17.5. The molecule has 0 aliphatic heterocycles. The lowest BCUT2D eigenvalue weighted by Crippen LogP contribution is -1.93. The van der Waals surface area contributed by atoms with Crippen LogP contribution < -0.4 is 0 Å². The van der Waals surface area contributed by atoms with E-state index in [0.29, 0.717) is 0 Å². The zero-order valence-electron chi connectivity index (χ0n) is 57.1. The van der Waals surface area contributed by atoms with E-state index in [2.05, 4.69) is 400 Å². The summed E-state index contributed by atoms with van der Waals surface area (Å²) < 4.78 is 0. The van der Waals surface area contributed by atoms with E-state index in [1.807, 2.05) is 0 Å². The van der Waals surface area contributed by atoms with Gasteiger partial charge >= 0.3 is 0 Å². The quantitative estimate of drug-likeness (QED) is 0.105. The van der Waals surface area contributed by atoms with Crippen LogP contribution in [0.15, 0.2) is 400 Å². The number of fused-ring (bicyclic) bond motifs is 13. The lowest BCUT2D eigenvalue weighted by molar-refractivity contribution is 1.64. The Hall–Kier alpha value is -13.5. The van der Waals surface area contributed by atoms with Gasteiger partial charge in [0.2, 0.25) is 0 Å². The van der Waals surface area contributed by atoms with Crippen molar-refractivity contribution in [2.45, 2.75) is 0 Å². The van der Waals surface area contributed by atoms with Gasteiger partial charge in [-0.05, 0) is 208 Å². The van der Waals surface area contributed by atoms with Gasteiger partial charge < -0.3 is 0 Å². The van der Waals surface area contributed by atoms with Gasteiger partial charge in [-0.3, -0.25) is 0 Å². The fourth-order valence-corrected chi connectivity index (χ4v) is 17.5. The molecule has 0 fully saturated rings. The molecule has 0 aromatic heterocycles. The molecule has 0 saturated carbocycles. The summed E-state index contributed by atoms with van der Waals surface area (Å²) in [4.78, 5) is 0. The highest BCUT2D eigenvalue weighted by Gasteiger charge is 2.24. The van der Waals surface area contributed by atoms with E-state index >= 15 is 0 Å². The molecular formula is C104H66. The highest BCUT2D eigenvalue weighted by molar-refractivity contribution is 6.31. The Morgan fingerprint density at radius 1 is 0.0962 bits per heavy atom. The Kier molecular flexibility index (Phi) is 14.7. The third-order valence-corrected chi connectivity index (χ3v) is 21.9. The van der Waals surface area contributed by atoms with Gasteiger partial charge in [0.25, 0.3) is 0 Å². The Labute approximate surface area is 603 Å². The van der Waals surface area contributed by atoms with Gasteiger partial charge in [0.1, 0.15) is 0 Å². The molecule has 0 radical (unpaired) electrons. The van der Waals surface area contributed by atoms with Crippen LogP contribution in [0.25, 0.3) is 208 Å². The zero-order chi connectivity index (χ0) is 68.6. The third kappa shape index (κ3) is 9.90. The average Bonchev–Trinajstić information content (AvgIpc) is 0.722. The molecule has 0 heterocycles. The Morgan fingerprint density at radius 2 is 0.298 bits per heavy atom. The van der Waals surface area contributed by atoms with Gasteiger partial charge in [-0.15, -0.1) is 0 Å². The minimum absolute atomic E-state index is 1.22. The minimum Gasteiger partial charge on any atom is -0.0622 e. The van der Waals surface area contributed by atoms with Crippen molar-refractivity contribution in [1.29, 1.82) is 0 Å². The Morgan fingerprint density at radius 3 is 0.606 bits per heavy atom. The second-order valence-electron chi connectivity index (χ2n) is 27.5. The summed E-state index contributed by atoms with van der Waals surface area (Å²) in [5.74, 6) is 0. The van der Waals surface area contributed by atoms with Crippen molar-refractivity contribution >= 4 is 118 Å². The highest BCUT2D eigenvalue weighted by Crippen LogP contribution is 2.52. The van der Waals surface area contributed by atoms with Crippen LogP contribution in [-0.2, 0) is 0 Å². The number of rotatable bonds is 8. The molecule has 21 aromatic rings. The number of benzene rings is 21. The van der Waals surface area contributed by atoms with E-state index < -0.39 is 0 Å². The van der Waals surface area contributed by atoms with Gasteiger partial charge in [-0.2, -0.15) is 0 Å². The molecule has 0 atom stereocenters. The summed E-state index contributed by atoms with van der Waals surface area (Å²) in [6.07, 6.45) is 0. The molecule has 482 valence electrons. The van der Waals surface area contributed by atoms with E-state index in [0.717, 1.165) is 0 Å². The van der Waals surface area contributed by atoms with Crippen LogP contribution in [0, 0.1) is 0 Å². The van der Waals surface area contributed by atoms with Crippen molar-refractivity contribution in [3.63, 3.8) is 0 Å². The molecule has 21 rings (SSSR count). The lowest BCUT2D eigenvalue weighted by atomic mass is 9.83. The summed E-state index contributed by atoms with van der Waals surface area (Å²) in [6, 6.07) is 147. The summed E-state index contributed by atoms with van der Waals surface area (Å²) in [7, 11) is 0. The molecule has 0 unspecified atom stereocenters. The molecule has 0 aliphatic rings. The van der Waals surface area contributed by atoms with Gasteiger partial charge in [-0.25, -0.2) is 0 Å². The van der Waals surface area contributed by atoms with Crippen molar-refractivity contribution in [2.75, 3.05) is 0 Å². The summed E-state index contributed by atoms with van der Waals surface area (Å²) in [6.45, 7) is 0. The predicted molar refractivity (Wildman–Crippen MR) is 449 cm³/mol. The van der Waals surface area contributed by atoms with E-state index in [-0.39, 0.29) is 0 Å². The Bertz CT molecular complexity index is 6850. The van der Waals surface area contributed by atoms with Crippen LogP contribution in [0.3, 0.4) is 0 Å². The average molecular weight is 1320 g/mol. The third-order valence-electron chi connectivity index (χ3n) is 21.9. The van der Waals surface area contributed by atoms with Crippen molar-refractivity contribution in [3.05, 3.63) is 400 Å². The van der Waals surface area contributed by atoms with E-state index in [9.17, 15) is 0 Å². The SMILES string of the molecule is c1ccc(-c2c3ccccc3c(-c3ccc(-c4c5ccccc5c(-c5cccc6ccccc56)c5ccccc45)cc3)c3ccc4ccccc4c23)cc1.c1ccc(-c2c3ccccc3c(-c3ccc(-c4c5ccccc5c(-c5ccccc5)c5c4ccc4ccccc45)cc3)c3ccccc23)cc1. The van der Waals surface area contributed by atoms with E-state index in [1.165, 1.54) is 208 Å². The Balaban J connectivity index is 0.000000139. The smallest absolute Gasteiger partial charge is 0.00141 e. The van der Waals surface area contributed by atoms with E-state index in [1.54, 1.807) is 0 Å². The molecule has 0 saturated heterocycles. The first kappa shape index (κ1) is 60.4. The van der Waals surface area contributed by atoms with Crippen LogP contribution in [0.5, 0.6) is 0 Å². The molecular weight excluding hydrogens is 1250 g/mol. The van der Waals surface area contributed by atoms with Gasteiger partial charge in [0, 0.05) is 0 Å². The molecule has 21 aromatic carbocycles. The summed E-state index contributed by atoms with van der Waals surface area (Å²) >= 11 is 0. The van der Waals surface area contributed by atoms with Gasteiger partial charge in [0.05, 0.1) is 0 Å². The normalized spacial score (nSPS) is 11.7. The van der Waals surface area contributed by atoms with Gasteiger partial charge in [-0.1, -0.05) is 400 Å². The topological polar surface area (TPSA) is 0 Å². The van der Waals surface area contributed by atoms with Crippen molar-refractivity contribution in [1.82, 2.24) is 0 Å². The molecule has 0 bridgehead atoms. The first-order chi connectivity index (χ1) is 51.7. The fraction of sp³-hybridized carbons (Fsp3) is 0. The van der Waals surface area contributed by atoms with E-state index in [4.69, 9.17) is 0 Å². The minimum atomic E-state index is 1.22. The van der Waals surface area contributed by atoms with Crippen LogP contribution in [0.2, 0.25) is 0 Å². The molecule has 0 N–H and O–H groups in total. The molecule has 0 amide bonds. The number of hydrogen-bond donors (Lipinski definition) is 0. The largest absolute Gasteiger partial charge is 0.0622 e. The predicted octanol–water partition coefficient (Wildman–Crippen LogP) is 29.4. The molecule has 104 heavy (non-hydrogen) atoms. The summed E-state index contributed by atoms with van der Waals surface area (Å²) in [5.41, 5.74) is 20.2. The van der Waals surface area contributed by atoms with Crippen LogP contribution >= 0.6 is 0 Å². The molecule has 0 nitrogen and oxygen atoms in total. The van der Waals surface area contributed by atoms with Crippen molar-refractivity contribution in [2.24, 2.45) is 0 Å². The van der Waals surface area contributed by atoms with Crippen molar-refractivity contribution in [3.8, 4) is 89.0 Å². The van der Waals surface area contributed by atoms with Crippen molar-refractivity contribution < 1.29 is 0 Å². The molecule has 0 aliphatic carbocycles. The maximum Gasteiger partial charge on any atom is -0.00141 e. The second-order valence-corrected chi connectivity index (χ2v) is 27.5. The maximum absolute atomic E-state index is 2.34. The number of hydrogen-bond acceptors (Lipinski definition) is 0. The monoisotopic (exact) mass is 1310 g/mol. The van der Waals surface area contributed by atoms with Crippen LogP contribution in [0.1, 0.15) is 0 Å². The van der Waals surface area contributed by atoms with Gasteiger partial charge in [0.15, 0.2) is 0 Å². The lowest BCUT2D eigenvalue weighted by Gasteiger charge is -2.20. The summed E-state index contributed by atoms with van der Waals surface area (Å²) in [5, 5.41) is 28.0. The maximum atomic E-state index is 2.34. The first-order valence-corrected chi connectivity index (χ1v) is 36.1. The first-order valence-electron chi connectivity index (χ1n) is 36.1. The molecule has 0 heteroatoms. The van der Waals surface area contributed by atoms with Crippen LogP contribution in [-0.4, -0.2) is 0 Å².